The monoisotopic (exact) mass is 391 g/mol. The molecule has 1 aromatic carbocycles. The molecule has 3 rings (SSSR count). The van der Waals surface area contributed by atoms with Crippen LogP contribution in [0.25, 0.3) is 0 Å². The summed E-state index contributed by atoms with van der Waals surface area (Å²) >= 11 is 0. The third-order valence-corrected chi connectivity index (χ3v) is 6.58. The molecule has 29 heavy (non-hydrogen) atoms. The van der Waals surface area contributed by atoms with Gasteiger partial charge in [0.15, 0.2) is 0 Å². The molecule has 0 heterocycles. The molecule has 0 atom stereocenters. The lowest BCUT2D eigenvalue weighted by Gasteiger charge is -2.23. The minimum atomic E-state index is 0.497. The zero-order valence-electron chi connectivity index (χ0n) is 19.3. The smallest absolute Gasteiger partial charge is 0.0702 e. The van der Waals surface area contributed by atoms with Crippen molar-refractivity contribution >= 4 is 11.4 Å². The van der Waals surface area contributed by atoms with E-state index in [-0.39, 0.29) is 0 Å². The molecule has 2 aliphatic carbocycles. The summed E-state index contributed by atoms with van der Waals surface area (Å²) in [6, 6.07) is 6.81. The minimum Gasteiger partial charge on any atom is -0.253 e. The normalized spacial score (nSPS) is 23.7. The van der Waals surface area contributed by atoms with Gasteiger partial charge in [-0.25, -0.2) is 0 Å². The van der Waals surface area contributed by atoms with E-state index in [4.69, 9.17) is 4.99 Å². The Morgan fingerprint density at radius 1 is 0.724 bits per heavy atom. The minimum absolute atomic E-state index is 0.497. The molecule has 0 amide bonds. The summed E-state index contributed by atoms with van der Waals surface area (Å²) in [6.45, 7) is 9.21. The Morgan fingerprint density at radius 2 is 1.31 bits per heavy atom. The van der Waals surface area contributed by atoms with Crippen LogP contribution in [0.1, 0.15) is 128 Å². The number of benzene rings is 1. The van der Waals surface area contributed by atoms with E-state index in [9.17, 15) is 0 Å². The van der Waals surface area contributed by atoms with Gasteiger partial charge in [-0.15, -0.1) is 0 Å². The Kier molecular flexibility index (Phi) is 8.57. The van der Waals surface area contributed by atoms with Gasteiger partial charge in [-0.2, -0.15) is 0 Å². The number of rotatable bonds is 3. The van der Waals surface area contributed by atoms with Crippen molar-refractivity contribution in [1.82, 2.24) is 0 Å². The van der Waals surface area contributed by atoms with E-state index in [0.29, 0.717) is 11.8 Å². The molecule has 0 aromatic heterocycles. The van der Waals surface area contributed by atoms with Crippen LogP contribution >= 0.6 is 0 Å². The largest absolute Gasteiger partial charge is 0.253 e. The van der Waals surface area contributed by atoms with E-state index in [0.717, 1.165) is 12.8 Å². The van der Waals surface area contributed by atoms with Gasteiger partial charge in [0.2, 0.25) is 0 Å². The van der Waals surface area contributed by atoms with Crippen molar-refractivity contribution in [3.63, 3.8) is 0 Å². The van der Waals surface area contributed by atoms with E-state index in [1.165, 1.54) is 92.3 Å². The second-order valence-corrected chi connectivity index (χ2v) is 9.62. The number of hydrogen-bond donors (Lipinski definition) is 0. The Bertz CT molecular complexity index is 684. The van der Waals surface area contributed by atoms with E-state index >= 15 is 0 Å². The predicted octanol–water partition coefficient (Wildman–Crippen LogP) is 9.09. The molecule has 0 spiro atoms. The summed E-state index contributed by atoms with van der Waals surface area (Å²) in [5.41, 5.74) is 8.51. The first-order chi connectivity index (χ1) is 14.1. The fraction of sp³-hybridized carbons (Fsp3) is 0.643. The van der Waals surface area contributed by atoms with E-state index < -0.39 is 0 Å². The standard InChI is InChI=1S/C28H41N/c1-21(2)24-18-14-19-25(22(3)4)28(24)29-27-20-13-9-8-12-17-26(27)23-15-10-6-5-7-11-16-23/h14,18-19,21-22H,5-13,15,17,20H2,1-4H3/b26-23-,29-27?. The number of para-hydroxylation sites is 1. The summed E-state index contributed by atoms with van der Waals surface area (Å²) in [4.78, 5) is 5.49. The second-order valence-electron chi connectivity index (χ2n) is 9.62. The molecule has 158 valence electrons. The summed E-state index contributed by atoms with van der Waals surface area (Å²) in [5, 5.41) is 0. The molecule has 2 aliphatic rings. The van der Waals surface area contributed by atoms with Gasteiger partial charge < -0.3 is 0 Å². The molecule has 0 N–H and O–H groups in total. The highest BCUT2D eigenvalue weighted by molar-refractivity contribution is 6.03. The van der Waals surface area contributed by atoms with E-state index in [2.05, 4.69) is 52.3 Å². The first-order valence-electron chi connectivity index (χ1n) is 12.2. The van der Waals surface area contributed by atoms with Gasteiger partial charge in [0.1, 0.15) is 0 Å². The van der Waals surface area contributed by atoms with Gasteiger partial charge in [-0.3, -0.25) is 4.99 Å². The number of allylic oxidation sites excluding steroid dienone is 2. The average Bonchev–Trinajstić information content (AvgIpc) is 2.64. The second kappa shape index (κ2) is 11.1. The lowest BCUT2D eigenvalue weighted by atomic mass is 9.85. The number of nitrogens with zero attached hydrogens (tertiary/aromatic N) is 1. The maximum Gasteiger partial charge on any atom is 0.0702 e. The lowest BCUT2D eigenvalue weighted by molar-refractivity contribution is 0.601. The molecular formula is C28H41N. The van der Waals surface area contributed by atoms with Gasteiger partial charge in [-0.1, -0.05) is 83.6 Å². The van der Waals surface area contributed by atoms with Crippen LogP contribution in [0.2, 0.25) is 0 Å². The van der Waals surface area contributed by atoms with Crippen LogP contribution in [0.4, 0.5) is 5.69 Å². The zero-order chi connectivity index (χ0) is 20.6. The Balaban J connectivity index is 2.10. The van der Waals surface area contributed by atoms with Crippen molar-refractivity contribution in [1.29, 1.82) is 0 Å². The maximum atomic E-state index is 5.49. The summed E-state index contributed by atoms with van der Waals surface area (Å²) < 4.78 is 0. The Hall–Kier alpha value is -1.37. The summed E-state index contributed by atoms with van der Waals surface area (Å²) in [7, 11) is 0. The van der Waals surface area contributed by atoms with Crippen molar-refractivity contribution < 1.29 is 0 Å². The summed E-state index contributed by atoms with van der Waals surface area (Å²) in [5.74, 6) is 0.995. The van der Waals surface area contributed by atoms with Crippen LogP contribution in [0.15, 0.2) is 34.3 Å². The SMILES string of the molecule is CC(C)c1cccc(C(C)C)c1N=C1CCCCCC/C1=C1/[C]CCCCCC1. The van der Waals surface area contributed by atoms with Crippen molar-refractivity contribution in [2.45, 2.75) is 117 Å². The van der Waals surface area contributed by atoms with Crippen molar-refractivity contribution in [2.75, 3.05) is 0 Å². The van der Waals surface area contributed by atoms with Crippen LogP contribution in [0.3, 0.4) is 0 Å². The fourth-order valence-electron chi connectivity index (χ4n) is 4.83. The Labute approximate surface area is 180 Å². The molecule has 0 unspecified atom stereocenters. The van der Waals surface area contributed by atoms with Gasteiger partial charge in [-0.05, 0) is 73.5 Å². The molecule has 2 fully saturated rings. The molecule has 0 aliphatic heterocycles. The van der Waals surface area contributed by atoms with Crippen LogP contribution in [0, 0.1) is 6.42 Å². The van der Waals surface area contributed by atoms with Gasteiger partial charge in [0, 0.05) is 12.1 Å². The first kappa shape index (κ1) is 22.3. The van der Waals surface area contributed by atoms with E-state index in [1.807, 2.05) is 0 Å². The molecule has 0 saturated heterocycles. The van der Waals surface area contributed by atoms with Crippen molar-refractivity contribution in [3.05, 3.63) is 46.9 Å². The van der Waals surface area contributed by atoms with Crippen LogP contribution in [-0.4, -0.2) is 5.71 Å². The summed E-state index contributed by atoms with van der Waals surface area (Å²) in [6.07, 6.45) is 19.1. The van der Waals surface area contributed by atoms with Gasteiger partial charge in [0.05, 0.1) is 5.69 Å². The van der Waals surface area contributed by atoms with Gasteiger partial charge >= 0.3 is 0 Å². The third kappa shape index (κ3) is 6.06. The zero-order valence-corrected chi connectivity index (χ0v) is 19.3. The number of hydrogen-bond acceptors (Lipinski definition) is 1. The molecule has 1 heteroatoms. The molecular weight excluding hydrogens is 350 g/mol. The maximum absolute atomic E-state index is 5.49. The highest BCUT2D eigenvalue weighted by atomic mass is 14.8. The fourth-order valence-corrected chi connectivity index (χ4v) is 4.83. The predicted molar refractivity (Wildman–Crippen MR) is 127 cm³/mol. The van der Waals surface area contributed by atoms with Crippen LogP contribution < -0.4 is 0 Å². The lowest BCUT2D eigenvalue weighted by Crippen LogP contribution is -2.11. The van der Waals surface area contributed by atoms with E-state index in [1.54, 1.807) is 5.57 Å². The topological polar surface area (TPSA) is 12.4 Å². The van der Waals surface area contributed by atoms with Gasteiger partial charge in [0.25, 0.3) is 0 Å². The van der Waals surface area contributed by atoms with Crippen LogP contribution in [-0.2, 0) is 0 Å². The van der Waals surface area contributed by atoms with Crippen molar-refractivity contribution in [3.8, 4) is 0 Å². The average molecular weight is 392 g/mol. The Morgan fingerprint density at radius 3 is 1.97 bits per heavy atom. The first-order valence-corrected chi connectivity index (χ1v) is 12.2. The molecule has 1 aromatic rings. The van der Waals surface area contributed by atoms with Crippen LogP contribution in [0.5, 0.6) is 0 Å². The molecule has 2 saturated carbocycles. The molecule has 1 nitrogen and oxygen atoms in total. The quantitative estimate of drug-likeness (QED) is 0.487. The highest BCUT2D eigenvalue weighted by Gasteiger charge is 2.20. The van der Waals surface area contributed by atoms with Crippen molar-refractivity contribution in [2.24, 2.45) is 4.99 Å². The highest BCUT2D eigenvalue weighted by Crippen LogP contribution is 2.37. The molecule has 0 bridgehead atoms. The number of aliphatic imine (C=N–C) groups is 1. The third-order valence-electron chi connectivity index (χ3n) is 6.58. The molecule has 2 radical (unpaired) electrons.